The molecule has 3 aromatic rings. The van der Waals surface area contributed by atoms with E-state index < -0.39 is 22.0 Å². The molecular weight excluding hydrogens is 434 g/mol. The van der Waals surface area contributed by atoms with Gasteiger partial charge >= 0.3 is 5.97 Å². The summed E-state index contributed by atoms with van der Waals surface area (Å²) in [6.07, 6.45) is 1.43. The zero-order valence-electron chi connectivity index (χ0n) is 16.0. The summed E-state index contributed by atoms with van der Waals surface area (Å²) in [5.74, 6) is -0.312. The fraction of sp³-hybridized carbons (Fsp3) is 0.211. The van der Waals surface area contributed by atoms with Crippen LogP contribution in [-0.4, -0.2) is 36.9 Å². The zero-order valence-corrected chi connectivity index (χ0v) is 17.6. The second-order valence-corrected chi connectivity index (χ2v) is 8.44. The summed E-state index contributed by atoms with van der Waals surface area (Å²) < 4.78 is 38.4. The Balaban J connectivity index is 1.66. The molecule has 0 unspecified atom stereocenters. The van der Waals surface area contributed by atoms with E-state index in [9.17, 15) is 18.0 Å². The molecule has 1 atom stereocenters. The molecule has 2 aromatic heterocycles. The number of ether oxygens (including phenoxy) is 2. The van der Waals surface area contributed by atoms with Gasteiger partial charge in [-0.15, -0.1) is 0 Å². The predicted octanol–water partition coefficient (Wildman–Crippen LogP) is 1.77. The monoisotopic (exact) mass is 451 g/mol. The number of carbonyl (C=O) groups is 1. The van der Waals surface area contributed by atoms with Crippen molar-refractivity contribution in [1.29, 1.82) is 0 Å². The smallest absolute Gasteiger partial charge is 0.324 e. The van der Waals surface area contributed by atoms with Gasteiger partial charge in [0.25, 0.3) is 5.56 Å². The lowest BCUT2D eigenvalue weighted by molar-refractivity contribution is -0.146. The molecule has 3 rings (SSSR count). The molecule has 0 aliphatic carbocycles. The van der Waals surface area contributed by atoms with Crippen molar-refractivity contribution in [1.82, 2.24) is 14.1 Å². The SMILES string of the molecule is COc1ccc(S(=O)(=O)N[C@@H](C)C(=O)OCc2cc(=O)n3cc(Cl)ccc3n2)cc1. The minimum atomic E-state index is -3.94. The van der Waals surface area contributed by atoms with Gasteiger partial charge in [0.05, 0.1) is 22.7 Å². The maximum Gasteiger partial charge on any atom is 0.324 e. The molecule has 0 fully saturated rings. The third-order valence-electron chi connectivity index (χ3n) is 4.09. The first kappa shape index (κ1) is 21.8. The van der Waals surface area contributed by atoms with E-state index in [1.165, 1.54) is 55.0 Å². The van der Waals surface area contributed by atoms with Gasteiger partial charge < -0.3 is 9.47 Å². The maximum absolute atomic E-state index is 12.4. The maximum atomic E-state index is 12.4. The molecule has 0 saturated carbocycles. The number of hydrogen-bond donors (Lipinski definition) is 1. The highest BCUT2D eigenvalue weighted by atomic mass is 35.5. The van der Waals surface area contributed by atoms with E-state index in [1.807, 2.05) is 0 Å². The Morgan fingerprint density at radius 1 is 1.23 bits per heavy atom. The normalized spacial score (nSPS) is 12.5. The average Bonchev–Trinajstić information content (AvgIpc) is 2.72. The Hall–Kier alpha value is -2.95. The number of sulfonamides is 1. The minimum absolute atomic E-state index is 0.0224. The fourth-order valence-electron chi connectivity index (χ4n) is 2.57. The highest BCUT2D eigenvalue weighted by Crippen LogP contribution is 2.16. The number of benzene rings is 1. The quantitative estimate of drug-likeness (QED) is 0.544. The topological polar surface area (TPSA) is 116 Å². The number of hydrogen-bond acceptors (Lipinski definition) is 7. The summed E-state index contributed by atoms with van der Waals surface area (Å²) in [7, 11) is -2.47. The second kappa shape index (κ2) is 8.82. The van der Waals surface area contributed by atoms with Crippen molar-refractivity contribution in [2.75, 3.05) is 7.11 Å². The summed E-state index contributed by atoms with van der Waals surface area (Å²) >= 11 is 5.86. The molecule has 30 heavy (non-hydrogen) atoms. The molecule has 11 heteroatoms. The average molecular weight is 452 g/mol. The van der Waals surface area contributed by atoms with Crippen LogP contribution in [0.5, 0.6) is 5.75 Å². The third kappa shape index (κ3) is 4.96. The first-order valence-electron chi connectivity index (χ1n) is 8.70. The molecular formula is C19H18ClN3O6S. The van der Waals surface area contributed by atoms with Gasteiger partial charge in [-0.2, -0.15) is 4.72 Å². The summed E-state index contributed by atoms with van der Waals surface area (Å²) in [5.41, 5.74) is 0.175. The van der Waals surface area contributed by atoms with Crippen LogP contribution in [0.2, 0.25) is 5.02 Å². The van der Waals surface area contributed by atoms with E-state index in [-0.39, 0.29) is 22.8 Å². The molecule has 0 amide bonds. The van der Waals surface area contributed by atoms with Crippen LogP contribution in [0.15, 0.2) is 58.4 Å². The van der Waals surface area contributed by atoms with Crippen molar-refractivity contribution >= 4 is 33.2 Å². The summed E-state index contributed by atoms with van der Waals surface area (Å²) in [6, 6.07) is 8.90. The van der Waals surface area contributed by atoms with Gasteiger partial charge in [0.15, 0.2) is 0 Å². The molecule has 158 valence electrons. The van der Waals surface area contributed by atoms with Crippen LogP contribution < -0.4 is 15.0 Å². The van der Waals surface area contributed by atoms with Crippen molar-refractivity contribution in [3.8, 4) is 5.75 Å². The van der Waals surface area contributed by atoms with Crippen LogP contribution in [0.25, 0.3) is 5.65 Å². The third-order valence-corrected chi connectivity index (χ3v) is 5.87. The molecule has 0 aliphatic rings. The number of nitrogens with one attached hydrogen (secondary N) is 1. The van der Waals surface area contributed by atoms with Gasteiger partial charge in [-0.25, -0.2) is 13.4 Å². The molecule has 1 aromatic carbocycles. The van der Waals surface area contributed by atoms with Crippen molar-refractivity contribution in [3.05, 3.63) is 69.7 Å². The van der Waals surface area contributed by atoms with E-state index in [0.29, 0.717) is 16.4 Å². The Labute approximate surface area is 177 Å². The van der Waals surface area contributed by atoms with Gasteiger partial charge in [-0.1, -0.05) is 11.6 Å². The van der Waals surface area contributed by atoms with E-state index in [1.54, 1.807) is 12.1 Å². The first-order chi connectivity index (χ1) is 14.2. The molecule has 0 aliphatic heterocycles. The van der Waals surface area contributed by atoms with E-state index in [2.05, 4.69) is 9.71 Å². The molecule has 0 radical (unpaired) electrons. The Kier molecular flexibility index (Phi) is 6.40. The number of fused-ring (bicyclic) bond motifs is 1. The zero-order chi connectivity index (χ0) is 21.9. The Bertz CT molecular complexity index is 1240. The van der Waals surface area contributed by atoms with Crippen LogP contribution in [0.1, 0.15) is 12.6 Å². The van der Waals surface area contributed by atoms with Crippen LogP contribution in [-0.2, 0) is 26.2 Å². The van der Waals surface area contributed by atoms with Gasteiger partial charge in [-0.3, -0.25) is 14.0 Å². The van der Waals surface area contributed by atoms with Crippen molar-refractivity contribution in [3.63, 3.8) is 0 Å². The predicted molar refractivity (Wildman–Crippen MR) is 109 cm³/mol. The molecule has 1 N–H and O–H groups in total. The number of halogens is 1. The van der Waals surface area contributed by atoms with Crippen LogP contribution in [0.3, 0.4) is 0 Å². The fourth-order valence-corrected chi connectivity index (χ4v) is 3.93. The highest BCUT2D eigenvalue weighted by molar-refractivity contribution is 7.89. The summed E-state index contributed by atoms with van der Waals surface area (Å²) in [6.45, 7) is 1.07. The lowest BCUT2D eigenvalue weighted by Crippen LogP contribution is -2.39. The van der Waals surface area contributed by atoms with Crippen molar-refractivity contribution in [2.24, 2.45) is 0 Å². The van der Waals surface area contributed by atoms with E-state index >= 15 is 0 Å². The number of aromatic nitrogens is 2. The van der Waals surface area contributed by atoms with Gasteiger partial charge in [-0.05, 0) is 43.3 Å². The van der Waals surface area contributed by atoms with E-state index in [0.717, 1.165) is 0 Å². The first-order valence-corrected chi connectivity index (χ1v) is 10.6. The minimum Gasteiger partial charge on any atom is -0.497 e. The van der Waals surface area contributed by atoms with Crippen LogP contribution in [0, 0.1) is 0 Å². The molecule has 0 spiro atoms. The largest absolute Gasteiger partial charge is 0.497 e. The van der Waals surface area contributed by atoms with Crippen LogP contribution >= 0.6 is 11.6 Å². The number of esters is 1. The standard InChI is InChI=1S/C19H18ClN3O6S/c1-12(22-30(26,27)16-6-4-15(28-2)5-7-16)19(25)29-11-14-9-18(24)23-10-13(20)3-8-17(23)21-14/h3-10,12,22H,11H2,1-2H3/t12-/m0/s1. The lowest BCUT2D eigenvalue weighted by Gasteiger charge is -2.14. The molecule has 9 nitrogen and oxygen atoms in total. The van der Waals surface area contributed by atoms with Gasteiger partial charge in [0, 0.05) is 12.3 Å². The number of carbonyl (C=O) groups excluding carboxylic acids is 1. The Morgan fingerprint density at radius 2 is 1.93 bits per heavy atom. The molecule has 2 heterocycles. The van der Waals surface area contributed by atoms with E-state index in [4.69, 9.17) is 21.1 Å². The lowest BCUT2D eigenvalue weighted by atomic mass is 10.3. The molecule has 0 bridgehead atoms. The number of pyridine rings is 1. The van der Waals surface area contributed by atoms with Gasteiger partial charge in [0.2, 0.25) is 10.0 Å². The number of nitrogens with zero attached hydrogens (tertiary/aromatic N) is 2. The number of rotatable bonds is 7. The van der Waals surface area contributed by atoms with Crippen molar-refractivity contribution in [2.45, 2.75) is 24.5 Å². The Morgan fingerprint density at radius 3 is 2.60 bits per heavy atom. The second-order valence-electron chi connectivity index (χ2n) is 6.29. The number of methoxy groups -OCH3 is 1. The highest BCUT2D eigenvalue weighted by Gasteiger charge is 2.23. The molecule has 0 saturated heterocycles. The van der Waals surface area contributed by atoms with Crippen LogP contribution in [0.4, 0.5) is 0 Å². The van der Waals surface area contributed by atoms with Crippen molar-refractivity contribution < 1.29 is 22.7 Å². The summed E-state index contributed by atoms with van der Waals surface area (Å²) in [4.78, 5) is 28.6. The summed E-state index contributed by atoms with van der Waals surface area (Å²) in [5, 5.41) is 0.378. The van der Waals surface area contributed by atoms with Gasteiger partial charge in [0.1, 0.15) is 24.0 Å².